The molecule has 25 heavy (non-hydrogen) atoms. The molecule has 0 bridgehead atoms. The number of allylic oxidation sites excluding steroid dienone is 2. The van der Waals surface area contributed by atoms with Crippen molar-refractivity contribution in [3.8, 4) is 0 Å². The fraction of sp³-hybridized carbons (Fsp3) is 0.304. The molecule has 1 aliphatic carbocycles. The Morgan fingerprint density at radius 3 is 1.60 bits per heavy atom. The van der Waals surface area contributed by atoms with Crippen molar-refractivity contribution in [3.63, 3.8) is 0 Å². The van der Waals surface area contributed by atoms with Gasteiger partial charge in [0.1, 0.15) is 0 Å². The van der Waals surface area contributed by atoms with Gasteiger partial charge in [-0.1, -0.05) is 115 Å². The number of hydrogen-bond donors (Lipinski definition) is 0. The molecule has 2 aromatic carbocycles. The van der Waals surface area contributed by atoms with Crippen LogP contribution in [0.5, 0.6) is 0 Å². The Bertz CT molecular complexity index is 655. The Morgan fingerprint density at radius 1 is 0.720 bits per heavy atom. The molecule has 0 N–H and O–H groups in total. The second-order valence-corrected chi connectivity index (χ2v) is 7.55. The average molecular weight is 371 g/mol. The summed E-state index contributed by atoms with van der Waals surface area (Å²) < 4.78 is 0. The lowest BCUT2D eigenvalue weighted by atomic mass is 9.79. The van der Waals surface area contributed by atoms with Gasteiger partial charge in [0.25, 0.3) is 0 Å². The van der Waals surface area contributed by atoms with Gasteiger partial charge < -0.3 is 0 Å². The topological polar surface area (TPSA) is 0 Å². The lowest BCUT2D eigenvalue weighted by Gasteiger charge is -2.27. The van der Waals surface area contributed by atoms with Gasteiger partial charge in [0.15, 0.2) is 0 Å². The Kier molecular flexibility index (Phi) is 6.78. The fourth-order valence-electron chi connectivity index (χ4n) is 3.56. The van der Waals surface area contributed by atoms with Crippen molar-refractivity contribution >= 4 is 33.3 Å². The monoisotopic (exact) mass is 370 g/mol. The van der Waals surface area contributed by atoms with Crippen LogP contribution >= 0.6 is 23.2 Å². The van der Waals surface area contributed by atoms with Gasteiger partial charge in [0.05, 0.1) is 0 Å². The molecule has 1 saturated carbocycles. The molecule has 1 unspecified atom stereocenters. The van der Waals surface area contributed by atoms with Crippen molar-refractivity contribution in [1.29, 1.82) is 0 Å². The van der Waals surface area contributed by atoms with E-state index in [-0.39, 0.29) is 5.92 Å². The second kappa shape index (κ2) is 9.27. The third-order valence-corrected chi connectivity index (χ3v) is 5.66. The third-order valence-electron chi connectivity index (χ3n) is 4.97. The highest BCUT2D eigenvalue weighted by atomic mass is 35.5. The molecule has 0 amide bonds. The van der Waals surface area contributed by atoms with Crippen molar-refractivity contribution in [2.45, 2.75) is 32.1 Å². The standard InChI is InChI=1S/C23H24Cl2/c24-22(19-12-6-2-7-13-19)16-21(18-10-4-1-5-11-18)17-23(25)20-14-8-3-9-15-20/h2-3,6-9,12-18,21H,1,4-5,10-11H2/b22-16-,23-17+. The lowest BCUT2D eigenvalue weighted by molar-refractivity contribution is 0.319. The summed E-state index contributed by atoms with van der Waals surface area (Å²) in [4.78, 5) is 0. The maximum atomic E-state index is 6.64. The smallest absolute Gasteiger partial charge is 0.0444 e. The molecule has 0 nitrogen and oxygen atoms in total. The van der Waals surface area contributed by atoms with Crippen molar-refractivity contribution in [1.82, 2.24) is 0 Å². The second-order valence-electron chi connectivity index (χ2n) is 6.74. The Balaban J connectivity index is 1.90. The molecular weight excluding hydrogens is 347 g/mol. The van der Waals surface area contributed by atoms with Gasteiger partial charge in [0, 0.05) is 16.0 Å². The zero-order valence-electron chi connectivity index (χ0n) is 14.4. The molecule has 0 aromatic heterocycles. The van der Waals surface area contributed by atoms with Gasteiger partial charge in [-0.2, -0.15) is 0 Å². The Labute approximate surface area is 161 Å². The predicted molar refractivity (Wildman–Crippen MR) is 111 cm³/mol. The van der Waals surface area contributed by atoms with Gasteiger partial charge in [0.2, 0.25) is 0 Å². The SMILES string of the molecule is Cl/C(=C\C(/C=C(/Cl)c1ccccc1)C1CCCCC1)c1ccccc1. The fourth-order valence-corrected chi connectivity index (χ4v) is 4.11. The van der Waals surface area contributed by atoms with E-state index < -0.39 is 0 Å². The molecule has 130 valence electrons. The molecule has 3 rings (SSSR count). The molecule has 0 aliphatic heterocycles. The van der Waals surface area contributed by atoms with Crippen molar-refractivity contribution < 1.29 is 0 Å². The van der Waals surface area contributed by atoms with E-state index in [1.54, 1.807) is 0 Å². The quantitative estimate of drug-likeness (QED) is 0.504. The van der Waals surface area contributed by atoms with E-state index in [1.165, 1.54) is 32.1 Å². The highest BCUT2D eigenvalue weighted by Gasteiger charge is 2.21. The van der Waals surface area contributed by atoms with E-state index in [0.29, 0.717) is 5.92 Å². The first kappa shape index (κ1) is 18.3. The van der Waals surface area contributed by atoms with Crippen LogP contribution in [-0.2, 0) is 0 Å². The summed E-state index contributed by atoms with van der Waals surface area (Å²) >= 11 is 13.3. The van der Waals surface area contributed by atoms with Crippen LogP contribution in [0.1, 0.15) is 43.2 Å². The number of benzene rings is 2. The zero-order chi connectivity index (χ0) is 17.5. The molecule has 0 radical (unpaired) electrons. The number of hydrogen-bond acceptors (Lipinski definition) is 0. The Hall–Kier alpha value is -1.50. The van der Waals surface area contributed by atoms with Gasteiger partial charge in [-0.3, -0.25) is 0 Å². The highest BCUT2D eigenvalue weighted by Crippen LogP contribution is 2.36. The van der Waals surface area contributed by atoms with Gasteiger partial charge in [-0.25, -0.2) is 0 Å². The number of rotatable bonds is 5. The third kappa shape index (κ3) is 5.23. The summed E-state index contributed by atoms with van der Waals surface area (Å²) in [7, 11) is 0. The normalized spacial score (nSPS) is 18.2. The minimum absolute atomic E-state index is 0.265. The van der Waals surface area contributed by atoms with E-state index >= 15 is 0 Å². The maximum Gasteiger partial charge on any atom is 0.0444 e. The van der Waals surface area contributed by atoms with Gasteiger partial charge in [-0.15, -0.1) is 0 Å². The van der Waals surface area contributed by atoms with Crippen molar-refractivity contribution in [2.75, 3.05) is 0 Å². The summed E-state index contributed by atoms with van der Waals surface area (Å²) in [6.07, 6.45) is 10.8. The van der Waals surface area contributed by atoms with Crippen LogP contribution in [0, 0.1) is 11.8 Å². The van der Waals surface area contributed by atoms with E-state index in [1.807, 2.05) is 36.4 Å². The van der Waals surface area contributed by atoms with Crippen molar-refractivity contribution in [2.24, 2.45) is 11.8 Å². The van der Waals surface area contributed by atoms with E-state index in [0.717, 1.165) is 21.2 Å². The minimum atomic E-state index is 0.265. The summed E-state index contributed by atoms with van der Waals surface area (Å²) in [5.41, 5.74) is 2.13. The molecule has 1 aliphatic rings. The predicted octanol–water partition coefficient (Wildman–Crippen LogP) is 7.74. The molecular formula is C23H24Cl2. The minimum Gasteiger partial charge on any atom is -0.0840 e. The van der Waals surface area contributed by atoms with E-state index in [9.17, 15) is 0 Å². The average Bonchev–Trinajstić information content (AvgIpc) is 2.69. The first-order chi connectivity index (χ1) is 12.2. The molecule has 1 atom stereocenters. The summed E-state index contributed by atoms with van der Waals surface area (Å²) in [5.74, 6) is 0.879. The summed E-state index contributed by atoms with van der Waals surface area (Å²) in [6, 6.07) is 20.3. The van der Waals surface area contributed by atoms with Crippen LogP contribution in [0.25, 0.3) is 10.1 Å². The van der Waals surface area contributed by atoms with Crippen molar-refractivity contribution in [3.05, 3.63) is 83.9 Å². The van der Waals surface area contributed by atoms with Crippen LogP contribution < -0.4 is 0 Å². The lowest BCUT2D eigenvalue weighted by Crippen LogP contribution is -2.15. The van der Waals surface area contributed by atoms with Crippen LogP contribution in [0.15, 0.2) is 72.8 Å². The maximum absolute atomic E-state index is 6.64. The zero-order valence-corrected chi connectivity index (χ0v) is 15.9. The van der Waals surface area contributed by atoms with Gasteiger partial charge >= 0.3 is 0 Å². The van der Waals surface area contributed by atoms with Crippen LogP contribution in [0.2, 0.25) is 0 Å². The first-order valence-electron chi connectivity index (χ1n) is 9.09. The molecule has 0 spiro atoms. The van der Waals surface area contributed by atoms with Crippen LogP contribution in [-0.4, -0.2) is 0 Å². The largest absolute Gasteiger partial charge is 0.0840 e. The number of halogens is 2. The van der Waals surface area contributed by atoms with E-state index in [4.69, 9.17) is 23.2 Å². The summed E-state index contributed by atoms with van der Waals surface area (Å²) in [6.45, 7) is 0. The molecule has 0 saturated heterocycles. The molecule has 2 heteroatoms. The molecule has 2 aromatic rings. The Morgan fingerprint density at radius 2 is 1.16 bits per heavy atom. The van der Waals surface area contributed by atoms with Crippen LogP contribution in [0.4, 0.5) is 0 Å². The van der Waals surface area contributed by atoms with E-state index in [2.05, 4.69) is 36.4 Å². The molecule has 0 heterocycles. The van der Waals surface area contributed by atoms with Crippen LogP contribution in [0.3, 0.4) is 0 Å². The molecule has 1 fully saturated rings. The first-order valence-corrected chi connectivity index (χ1v) is 9.85. The van der Waals surface area contributed by atoms with Gasteiger partial charge in [-0.05, 0) is 29.9 Å². The summed E-state index contributed by atoms with van der Waals surface area (Å²) in [5, 5.41) is 1.62. The highest BCUT2D eigenvalue weighted by molar-refractivity contribution is 6.49.